The van der Waals surface area contributed by atoms with Crippen LogP contribution in [0.25, 0.3) is 0 Å². The quantitative estimate of drug-likeness (QED) is 0.912. The van der Waals surface area contributed by atoms with E-state index in [1.807, 2.05) is 0 Å². The van der Waals surface area contributed by atoms with Gasteiger partial charge in [0.2, 0.25) is 5.91 Å². The smallest absolute Gasteiger partial charge is 0.342 e. The Labute approximate surface area is 124 Å². The molecule has 1 aliphatic rings. The molecule has 8 heteroatoms. The first-order valence-corrected chi connectivity index (χ1v) is 6.94. The van der Waals surface area contributed by atoms with Crippen LogP contribution >= 0.6 is 11.6 Å². The lowest BCUT2D eigenvalue weighted by Crippen LogP contribution is -2.30. The molecule has 110 valence electrons. The third-order valence-electron chi connectivity index (χ3n) is 3.51. The molecule has 3 heterocycles. The van der Waals surface area contributed by atoms with Crippen molar-refractivity contribution >= 4 is 17.5 Å². The summed E-state index contributed by atoms with van der Waals surface area (Å²) < 4.78 is 4.49. The molecule has 1 unspecified atom stereocenters. The van der Waals surface area contributed by atoms with E-state index in [1.54, 1.807) is 17.0 Å². The zero-order chi connectivity index (χ0) is 14.8. The van der Waals surface area contributed by atoms with Crippen LogP contribution in [0, 0.1) is 0 Å². The fourth-order valence-electron chi connectivity index (χ4n) is 2.41. The van der Waals surface area contributed by atoms with E-state index in [9.17, 15) is 9.59 Å². The number of halogens is 1. The molecule has 0 radical (unpaired) electrons. The molecule has 7 nitrogen and oxygen atoms in total. The van der Waals surface area contributed by atoms with E-state index in [4.69, 9.17) is 11.6 Å². The van der Waals surface area contributed by atoms with Gasteiger partial charge in [0.05, 0.1) is 11.4 Å². The highest BCUT2D eigenvalue weighted by Gasteiger charge is 2.29. The van der Waals surface area contributed by atoms with Gasteiger partial charge in [-0.1, -0.05) is 16.8 Å². The minimum absolute atomic E-state index is 0.00170. The van der Waals surface area contributed by atoms with Crippen molar-refractivity contribution in [3.63, 3.8) is 0 Å². The summed E-state index contributed by atoms with van der Waals surface area (Å²) in [5.74, 6) is -0.0585. The van der Waals surface area contributed by atoms with Gasteiger partial charge in [0, 0.05) is 30.9 Å². The second kappa shape index (κ2) is 5.69. The highest BCUT2D eigenvalue weighted by atomic mass is 35.5. The van der Waals surface area contributed by atoms with Gasteiger partial charge in [0.25, 0.3) is 0 Å². The number of nitrogens with zero attached hydrogens (tertiary/aromatic N) is 3. The number of carbonyl (C=O) groups is 1. The number of carbonyl (C=O) groups excluding carboxylic acids is 1. The summed E-state index contributed by atoms with van der Waals surface area (Å²) in [5.41, 5.74) is 0.683. The monoisotopic (exact) mass is 308 g/mol. The predicted molar refractivity (Wildman–Crippen MR) is 74.0 cm³/mol. The van der Waals surface area contributed by atoms with Crippen LogP contribution in [0.3, 0.4) is 0 Å². The van der Waals surface area contributed by atoms with Gasteiger partial charge < -0.3 is 4.90 Å². The lowest BCUT2D eigenvalue weighted by molar-refractivity contribution is -0.129. The van der Waals surface area contributed by atoms with E-state index in [2.05, 4.69) is 19.6 Å². The van der Waals surface area contributed by atoms with Crippen molar-refractivity contribution in [3.8, 4) is 0 Å². The molecule has 1 saturated heterocycles. The van der Waals surface area contributed by atoms with Crippen LogP contribution in [0.2, 0.25) is 5.02 Å². The second-order valence-electron chi connectivity index (χ2n) is 4.95. The number of rotatable bonds is 3. The summed E-state index contributed by atoms with van der Waals surface area (Å²) in [5, 5.41) is 4.22. The maximum atomic E-state index is 12.2. The lowest BCUT2D eigenvalue weighted by Gasteiger charge is -2.15. The average Bonchev–Trinajstić information content (AvgIpc) is 3.10. The van der Waals surface area contributed by atoms with Crippen LogP contribution < -0.4 is 5.76 Å². The highest BCUT2D eigenvalue weighted by Crippen LogP contribution is 2.24. The Hall–Kier alpha value is -2.15. The fraction of sp³-hybridized carbons (Fsp3) is 0.385. The molecule has 1 amide bonds. The molecule has 0 aromatic carbocycles. The first kappa shape index (κ1) is 13.8. The number of hydrogen-bond donors (Lipinski definition) is 1. The number of H-pyrrole nitrogens is 1. The topological polar surface area (TPSA) is 92.1 Å². The Morgan fingerprint density at radius 2 is 2.38 bits per heavy atom. The Morgan fingerprint density at radius 1 is 1.52 bits per heavy atom. The number of amides is 1. The Balaban J connectivity index is 1.61. The number of hydrogen-bond acceptors (Lipinski definition) is 5. The third kappa shape index (κ3) is 3.13. The van der Waals surface area contributed by atoms with E-state index in [0.29, 0.717) is 29.6 Å². The van der Waals surface area contributed by atoms with Gasteiger partial charge in [-0.2, -0.15) is 0 Å². The minimum atomic E-state index is -0.569. The van der Waals surface area contributed by atoms with Gasteiger partial charge in [0.1, 0.15) is 0 Å². The Bertz CT molecular complexity index is 694. The van der Waals surface area contributed by atoms with Crippen molar-refractivity contribution in [1.29, 1.82) is 0 Å². The van der Waals surface area contributed by atoms with Crippen molar-refractivity contribution in [2.75, 3.05) is 13.1 Å². The van der Waals surface area contributed by atoms with Crippen molar-refractivity contribution in [2.24, 2.45) is 0 Å². The van der Waals surface area contributed by atoms with Gasteiger partial charge in [-0.05, 0) is 18.6 Å². The van der Waals surface area contributed by atoms with E-state index in [-0.39, 0.29) is 18.2 Å². The maximum absolute atomic E-state index is 12.2. The summed E-state index contributed by atoms with van der Waals surface area (Å²) in [4.78, 5) is 31.6. The average molecular weight is 309 g/mol. The van der Waals surface area contributed by atoms with E-state index in [0.717, 1.165) is 6.42 Å². The van der Waals surface area contributed by atoms with E-state index < -0.39 is 5.76 Å². The SMILES string of the molecule is O=C(Cc1ccc(Cl)cn1)N1CCC(c2noc(=O)[nH]2)C1. The molecule has 3 rings (SSSR count). The first-order valence-electron chi connectivity index (χ1n) is 6.56. The van der Waals surface area contributed by atoms with Crippen LogP contribution in [0.5, 0.6) is 0 Å². The van der Waals surface area contributed by atoms with Crippen LogP contribution in [-0.4, -0.2) is 39.0 Å². The zero-order valence-corrected chi connectivity index (χ0v) is 11.8. The molecule has 1 fully saturated rings. The lowest BCUT2D eigenvalue weighted by atomic mass is 10.1. The highest BCUT2D eigenvalue weighted by molar-refractivity contribution is 6.30. The van der Waals surface area contributed by atoms with Crippen molar-refractivity contribution in [2.45, 2.75) is 18.8 Å². The summed E-state index contributed by atoms with van der Waals surface area (Å²) in [6.45, 7) is 1.15. The predicted octanol–water partition coefficient (Wildman–Crippen LogP) is 0.970. The van der Waals surface area contributed by atoms with Gasteiger partial charge in [-0.15, -0.1) is 0 Å². The minimum Gasteiger partial charge on any atom is -0.342 e. The summed E-state index contributed by atoms with van der Waals surface area (Å²) in [7, 11) is 0. The molecule has 0 aliphatic carbocycles. The fourth-order valence-corrected chi connectivity index (χ4v) is 2.52. The van der Waals surface area contributed by atoms with Crippen LogP contribution in [0.1, 0.15) is 23.9 Å². The third-order valence-corrected chi connectivity index (χ3v) is 3.73. The van der Waals surface area contributed by atoms with Gasteiger partial charge >= 0.3 is 5.76 Å². The largest absolute Gasteiger partial charge is 0.438 e. The molecule has 2 aromatic heterocycles. The molecule has 0 bridgehead atoms. The number of aromatic nitrogens is 3. The van der Waals surface area contributed by atoms with Crippen molar-refractivity contribution in [1.82, 2.24) is 20.0 Å². The molecule has 21 heavy (non-hydrogen) atoms. The molecule has 0 saturated carbocycles. The van der Waals surface area contributed by atoms with E-state index >= 15 is 0 Å². The van der Waals surface area contributed by atoms with Crippen molar-refractivity contribution < 1.29 is 9.32 Å². The van der Waals surface area contributed by atoms with Gasteiger partial charge in [-0.3, -0.25) is 19.3 Å². The van der Waals surface area contributed by atoms with Crippen molar-refractivity contribution in [3.05, 3.63) is 45.4 Å². The first-order chi connectivity index (χ1) is 10.1. The summed E-state index contributed by atoms with van der Waals surface area (Å²) in [6, 6.07) is 3.45. The molecular weight excluding hydrogens is 296 g/mol. The summed E-state index contributed by atoms with van der Waals surface area (Å²) >= 11 is 5.76. The molecule has 1 N–H and O–H groups in total. The molecule has 0 spiro atoms. The second-order valence-corrected chi connectivity index (χ2v) is 5.39. The number of nitrogens with one attached hydrogen (secondary N) is 1. The van der Waals surface area contributed by atoms with Gasteiger partial charge in [-0.25, -0.2) is 4.79 Å². The number of pyridine rings is 1. The van der Waals surface area contributed by atoms with Crippen LogP contribution in [-0.2, 0) is 11.2 Å². The molecule has 1 aliphatic heterocycles. The zero-order valence-electron chi connectivity index (χ0n) is 11.1. The number of aromatic amines is 1. The molecule has 2 aromatic rings. The van der Waals surface area contributed by atoms with Crippen LogP contribution in [0.15, 0.2) is 27.6 Å². The van der Waals surface area contributed by atoms with Crippen LogP contribution in [0.4, 0.5) is 0 Å². The maximum Gasteiger partial charge on any atom is 0.438 e. The summed E-state index contributed by atoms with van der Waals surface area (Å²) in [6.07, 6.45) is 2.51. The van der Waals surface area contributed by atoms with Gasteiger partial charge in [0.15, 0.2) is 5.82 Å². The molecule has 1 atom stereocenters. The van der Waals surface area contributed by atoms with E-state index in [1.165, 1.54) is 6.20 Å². The molecular formula is C13H13ClN4O3. The Morgan fingerprint density at radius 3 is 3.05 bits per heavy atom. The number of likely N-dealkylation sites (tertiary alicyclic amines) is 1. The Kier molecular flexibility index (Phi) is 3.74. The standard InChI is InChI=1S/C13H13ClN4O3/c14-9-1-2-10(15-6-9)5-11(19)18-4-3-8(7-18)12-16-13(20)21-17-12/h1-2,6,8H,3-5,7H2,(H,16,17,20). The normalized spacial score (nSPS) is 18.1.